The second kappa shape index (κ2) is 4.87. The molecule has 18 heavy (non-hydrogen) atoms. The van der Waals surface area contributed by atoms with Crippen LogP contribution in [0.25, 0.3) is 5.69 Å². The molecule has 0 saturated carbocycles. The van der Waals surface area contributed by atoms with Crippen molar-refractivity contribution in [1.29, 1.82) is 0 Å². The second-order valence-electron chi connectivity index (χ2n) is 3.60. The lowest BCUT2D eigenvalue weighted by Crippen LogP contribution is -2.38. The Labute approximate surface area is 103 Å². The van der Waals surface area contributed by atoms with Gasteiger partial charge in [0.05, 0.1) is 11.9 Å². The number of nitrogens with zero attached hydrogens (tertiary/aromatic N) is 2. The SMILES string of the molecule is CCOc1ccc(-[n+]2noc([O-])c2C(C)=O)cc1. The third-order valence-corrected chi connectivity index (χ3v) is 2.34. The Bertz CT molecular complexity index is 560. The van der Waals surface area contributed by atoms with Gasteiger partial charge in [0.25, 0.3) is 0 Å². The molecular formula is C12H12N2O4. The molecule has 0 aliphatic rings. The Balaban J connectivity index is 2.40. The molecule has 0 aliphatic carbocycles. The molecule has 0 aliphatic heterocycles. The minimum Gasteiger partial charge on any atom is -0.539 e. The van der Waals surface area contributed by atoms with Crippen molar-refractivity contribution < 1.29 is 23.8 Å². The zero-order chi connectivity index (χ0) is 13.1. The summed E-state index contributed by atoms with van der Waals surface area (Å²) < 4.78 is 11.0. The molecule has 0 atom stereocenters. The van der Waals surface area contributed by atoms with Crippen molar-refractivity contribution in [2.75, 3.05) is 6.61 Å². The maximum atomic E-state index is 11.3. The van der Waals surface area contributed by atoms with E-state index in [1.807, 2.05) is 6.92 Å². The van der Waals surface area contributed by atoms with Gasteiger partial charge in [-0.3, -0.25) is 4.79 Å². The fourth-order valence-electron chi connectivity index (χ4n) is 1.57. The van der Waals surface area contributed by atoms with Crippen LogP contribution in [0.2, 0.25) is 0 Å². The Morgan fingerprint density at radius 1 is 1.44 bits per heavy atom. The summed E-state index contributed by atoms with van der Waals surface area (Å²) in [5, 5.41) is 14.9. The summed E-state index contributed by atoms with van der Waals surface area (Å²) >= 11 is 0. The summed E-state index contributed by atoms with van der Waals surface area (Å²) in [5.74, 6) is -0.427. The van der Waals surface area contributed by atoms with E-state index in [1.54, 1.807) is 24.3 Å². The van der Waals surface area contributed by atoms with Crippen molar-refractivity contribution >= 4 is 5.78 Å². The molecule has 0 radical (unpaired) electrons. The molecule has 6 heteroatoms. The van der Waals surface area contributed by atoms with Crippen LogP contribution < -0.4 is 14.5 Å². The first-order valence-corrected chi connectivity index (χ1v) is 5.46. The lowest BCUT2D eigenvalue weighted by molar-refractivity contribution is -0.672. The van der Waals surface area contributed by atoms with Gasteiger partial charge in [-0.25, -0.2) is 0 Å². The molecule has 0 bridgehead atoms. The molecule has 6 nitrogen and oxygen atoms in total. The fourth-order valence-corrected chi connectivity index (χ4v) is 1.57. The first-order valence-electron chi connectivity index (χ1n) is 5.46. The normalized spacial score (nSPS) is 10.3. The maximum Gasteiger partial charge on any atom is 0.305 e. The van der Waals surface area contributed by atoms with E-state index < -0.39 is 11.7 Å². The van der Waals surface area contributed by atoms with Gasteiger partial charge in [0.15, 0.2) is 5.95 Å². The number of hydrogen-bond donors (Lipinski definition) is 0. The van der Waals surface area contributed by atoms with Crippen molar-refractivity contribution in [1.82, 2.24) is 5.27 Å². The van der Waals surface area contributed by atoms with Gasteiger partial charge in [-0.2, -0.15) is 0 Å². The third kappa shape index (κ3) is 2.17. The maximum absolute atomic E-state index is 11.3. The van der Waals surface area contributed by atoms with E-state index in [9.17, 15) is 9.90 Å². The molecule has 0 fully saturated rings. The number of hydrogen-bond acceptors (Lipinski definition) is 5. The first kappa shape index (κ1) is 12.1. The van der Waals surface area contributed by atoms with Gasteiger partial charge in [0, 0.05) is 19.1 Å². The molecule has 0 unspecified atom stereocenters. The zero-order valence-corrected chi connectivity index (χ0v) is 10.0. The smallest absolute Gasteiger partial charge is 0.305 e. The number of ether oxygens (including phenoxy) is 1. The molecule has 1 aromatic heterocycles. The first-order chi connectivity index (χ1) is 8.63. The highest BCUT2D eigenvalue weighted by Gasteiger charge is 2.24. The molecule has 2 rings (SSSR count). The van der Waals surface area contributed by atoms with Gasteiger partial charge in [-0.05, 0) is 23.7 Å². The molecule has 94 valence electrons. The Morgan fingerprint density at radius 3 is 2.67 bits per heavy atom. The summed E-state index contributed by atoms with van der Waals surface area (Å²) in [5.41, 5.74) is 0.466. The van der Waals surface area contributed by atoms with Crippen LogP contribution in [-0.4, -0.2) is 17.7 Å². The summed E-state index contributed by atoms with van der Waals surface area (Å²) in [6.45, 7) is 3.75. The van der Waals surface area contributed by atoms with Gasteiger partial charge in [-0.1, -0.05) is 0 Å². The monoisotopic (exact) mass is 248 g/mol. The summed E-state index contributed by atoms with van der Waals surface area (Å²) in [6, 6.07) is 6.85. The quantitative estimate of drug-likeness (QED) is 0.585. The predicted octanol–water partition coefficient (Wildman–Crippen LogP) is 0.626. The molecule has 0 amide bonds. The van der Waals surface area contributed by atoms with Crippen LogP contribution in [0, 0.1) is 0 Å². The van der Waals surface area contributed by atoms with Crippen LogP contribution >= 0.6 is 0 Å². The molecule has 0 saturated heterocycles. The molecular weight excluding hydrogens is 236 g/mol. The van der Waals surface area contributed by atoms with Crippen LogP contribution in [0.5, 0.6) is 11.7 Å². The number of aromatic nitrogens is 2. The topological polar surface area (TPSA) is 79.3 Å². The standard InChI is InChI=1S/C12H12N2O4/c1-3-17-10-6-4-9(5-7-10)14-11(8(2)15)12(16)18-13-14/h4-7H,3H2,1-2H3. The van der Waals surface area contributed by atoms with E-state index in [1.165, 1.54) is 11.6 Å². The van der Waals surface area contributed by atoms with E-state index in [0.717, 1.165) is 0 Å². The molecule has 2 aromatic rings. The van der Waals surface area contributed by atoms with E-state index in [2.05, 4.69) is 9.79 Å². The number of carbonyl (C=O) groups excluding carboxylic acids is 1. The van der Waals surface area contributed by atoms with Crippen LogP contribution in [-0.2, 0) is 0 Å². The highest BCUT2D eigenvalue weighted by Crippen LogP contribution is 2.14. The van der Waals surface area contributed by atoms with Crippen molar-refractivity contribution in [3.8, 4) is 17.4 Å². The van der Waals surface area contributed by atoms with Crippen LogP contribution in [0.1, 0.15) is 24.3 Å². The van der Waals surface area contributed by atoms with Crippen LogP contribution in [0.15, 0.2) is 28.8 Å². The van der Waals surface area contributed by atoms with Gasteiger partial charge in [0.2, 0.25) is 11.5 Å². The van der Waals surface area contributed by atoms with Crippen molar-refractivity contribution in [3.05, 3.63) is 30.0 Å². The zero-order valence-electron chi connectivity index (χ0n) is 10.0. The molecule has 1 heterocycles. The van der Waals surface area contributed by atoms with Crippen LogP contribution in [0.4, 0.5) is 0 Å². The lowest BCUT2D eigenvalue weighted by atomic mass is 10.2. The largest absolute Gasteiger partial charge is 0.539 e. The second-order valence-corrected chi connectivity index (χ2v) is 3.60. The highest BCUT2D eigenvalue weighted by molar-refractivity contribution is 5.92. The minimum absolute atomic E-state index is 0.0980. The van der Waals surface area contributed by atoms with E-state index >= 15 is 0 Å². The van der Waals surface area contributed by atoms with Crippen molar-refractivity contribution in [3.63, 3.8) is 0 Å². The highest BCUT2D eigenvalue weighted by atomic mass is 16.6. The fraction of sp³-hybridized carbons (Fsp3) is 0.250. The minimum atomic E-state index is -0.739. The Hall–Kier alpha value is -2.37. The lowest BCUT2D eigenvalue weighted by Gasteiger charge is -2.01. The Morgan fingerprint density at radius 2 is 2.11 bits per heavy atom. The van der Waals surface area contributed by atoms with Gasteiger partial charge < -0.3 is 14.4 Å². The molecule has 0 N–H and O–H groups in total. The van der Waals surface area contributed by atoms with E-state index in [-0.39, 0.29) is 5.69 Å². The van der Waals surface area contributed by atoms with Crippen molar-refractivity contribution in [2.45, 2.75) is 13.8 Å². The Kier molecular flexibility index (Phi) is 3.27. The van der Waals surface area contributed by atoms with Crippen molar-refractivity contribution in [2.24, 2.45) is 0 Å². The van der Waals surface area contributed by atoms with E-state index in [4.69, 9.17) is 4.74 Å². The number of carbonyl (C=O) groups is 1. The summed E-state index contributed by atoms with van der Waals surface area (Å²) in [6.07, 6.45) is 0. The summed E-state index contributed by atoms with van der Waals surface area (Å²) in [7, 11) is 0. The van der Waals surface area contributed by atoms with Gasteiger partial charge >= 0.3 is 5.69 Å². The number of ketones is 1. The van der Waals surface area contributed by atoms with E-state index in [0.29, 0.717) is 18.0 Å². The van der Waals surface area contributed by atoms with Gasteiger partial charge in [0.1, 0.15) is 5.75 Å². The summed E-state index contributed by atoms with van der Waals surface area (Å²) in [4.78, 5) is 11.3. The average molecular weight is 248 g/mol. The molecule has 1 aromatic carbocycles. The predicted molar refractivity (Wildman–Crippen MR) is 58.7 cm³/mol. The third-order valence-electron chi connectivity index (χ3n) is 2.34. The number of Topliss-reactive ketones (excluding diaryl/α,β-unsaturated/α-hetero) is 1. The van der Waals surface area contributed by atoms with Crippen LogP contribution in [0.3, 0.4) is 0 Å². The average Bonchev–Trinajstić information content (AvgIpc) is 2.73. The number of benzene rings is 1. The molecule has 0 spiro atoms. The number of rotatable bonds is 4. The van der Waals surface area contributed by atoms with Gasteiger partial charge in [-0.15, -0.1) is 0 Å².